The minimum atomic E-state index is -3.67. The van der Waals surface area contributed by atoms with Crippen molar-refractivity contribution in [2.45, 2.75) is 13.8 Å². The monoisotopic (exact) mass is 459 g/mol. The molecule has 1 amide bonds. The highest BCUT2D eigenvalue weighted by molar-refractivity contribution is 7.92. The third-order valence-corrected chi connectivity index (χ3v) is 5.98. The lowest BCUT2D eigenvalue weighted by Gasteiger charge is -2.23. The standard InChI is InChI=1S/C21H22ClN5O3S/c1-15-9-7-8-12-19(15)26(31(3,29)30)14-20(28)24-23-13-18-16(2)27(25-21(18)22)17-10-5-4-6-11-17/h4-13H,14H2,1-3H3,(H,24,28)/b23-13-. The molecule has 0 bridgehead atoms. The van der Waals surface area contributed by atoms with Crippen molar-refractivity contribution in [3.8, 4) is 5.69 Å². The van der Waals surface area contributed by atoms with Gasteiger partial charge in [-0.1, -0.05) is 48.0 Å². The van der Waals surface area contributed by atoms with Crippen LogP contribution in [0.1, 0.15) is 16.8 Å². The summed E-state index contributed by atoms with van der Waals surface area (Å²) in [6.07, 6.45) is 2.44. The zero-order valence-corrected chi connectivity index (χ0v) is 18.9. The first-order valence-corrected chi connectivity index (χ1v) is 11.6. The van der Waals surface area contributed by atoms with Crippen LogP contribution in [0.15, 0.2) is 59.7 Å². The Bertz CT molecular complexity index is 1220. The number of rotatable bonds is 7. The molecule has 1 aromatic heterocycles. The SMILES string of the molecule is Cc1ccccc1N(CC(=O)N/N=C\c1c(Cl)nn(-c2ccccc2)c1C)S(C)(=O)=O. The summed E-state index contributed by atoms with van der Waals surface area (Å²) in [6.45, 7) is 3.20. The van der Waals surface area contributed by atoms with E-state index < -0.39 is 22.5 Å². The summed E-state index contributed by atoms with van der Waals surface area (Å²) in [5.41, 5.74) is 5.66. The Hall–Kier alpha value is -3.17. The van der Waals surface area contributed by atoms with Crippen molar-refractivity contribution in [2.24, 2.45) is 5.10 Å². The van der Waals surface area contributed by atoms with Crippen LogP contribution >= 0.6 is 11.6 Å². The Balaban J connectivity index is 1.75. The van der Waals surface area contributed by atoms with Gasteiger partial charge in [0.25, 0.3) is 5.91 Å². The number of carbonyl (C=O) groups excluding carboxylic acids is 1. The van der Waals surface area contributed by atoms with Crippen molar-refractivity contribution in [3.63, 3.8) is 0 Å². The molecule has 0 fully saturated rings. The van der Waals surface area contributed by atoms with Crippen LogP contribution in [0.25, 0.3) is 5.69 Å². The fraction of sp³-hybridized carbons (Fsp3) is 0.190. The van der Waals surface area contributed by atoms with Gasteiger partial charge in [0.15, 0.2) is 5.15 Å². The molecule has 0 atom stereocenters. The molecule has 0 aliphatic heterocycles. The molecule has 2 aromatic carbocycles. The average Bonchev–Trinajstić information content (AvgIpc) is 3.01. The van der Waals surface area contributed by atoms with Crippen molar-refractivity contribution < 1.29 is 13.2 Å². The summed E-state index contributed by atoms with van der Waals surface area (Å²) in [5, 5.41) is 8.47. The van der Waals surface area contributed by atoms with Crippen LogP contribution in [0.5, 0.6) is 0 Å². The summed E-state index contributed by atoms with van der Waals surface area (Å²) in [6, 6.07) is 16.4. The molecule has 0 saturated carbocycles. The van der Waals surface area contributed by atoms with E-state index in [1.807, 2.05) is 37.3 Å². The fourth-order valence-electron chi connectivity index (χ4n) is 3.01. The highest BCUT2D eigenvalue weighted by atomic mass is 35.5. The van der Waals surface area contributed by atoms with E-state index in [-0.39, 0.29) is 5.15 Å². The molecule has 31 heavy (non-hydrogen) atoms. The number of anilines is 1. The van der Waals surface area contributed by atoms with Crippen LogP contribution in [-0.4, -0.2) is 43.1 Å². The quantitative estimate of drug-likeness (QED) is 0.433. The topological polar surface area (TPSA) is 96.7 Å². The molecule has 1 N–H and O–H groups in total. The maximum Gasteiger partial charge on any atom is 0.260 e. The Morgan fingerprint density at radius 2 is 1.81 bits per heavy atom. The molecule has 0 saturated heterocycles. The smallest absolute Gasteiger partial charge is 0.260 e. The Labute approximate surface area is 186 Å². The molecule has 0 aliphatic carbocycles. The lowest BCUT2D eigenvalue weighted by atomic mass is 10.2. The van der Waals surface area contributed by atoms with Crippen LogP contribution in [0, 0.1) is 13.8 Å². The number of amides is 1. The summed E-state index contributed by atoms with van der Waals surface area (Å²) in [5.74, 6) is -0.589. The van der Waals surface area contributed by atoms with E-state index >= 15 is 0 Å². The van der Waals surface area contributed by atoms with Crippen molar-refractivity contribution in [1.29, 1.82) is 0 Å². The highest BCUT2D eigenvalue weighted by Gasteiger charge is 2.22. The number of benzene rings is 2. The molecule has 0 radical (unpaired) electrons. The summed E-state index contributed by atoms with van der Waals surface area (Å²) in [4.78, 5) is 12.4. The molecule has 3 aromatic rings. The zero-order valence-electron chi connectivity index (χ0n) is 17.3. The van der Waals surface area contributed by atoms with Crippen LogP contribution in [0.3, 0.4) is 0 Å². The van der Waals surface area contributed by atoms with Gasteiger partial charge in [-0.15, -0.1) is 0 Å². The number of hydrazone groups is 1. The van der Waals surface area contributed by atoms with E-state index in [0.29, 0.717) is 11.3 Å². The molecule has 10 heteroatoms. The van der Waals surface area contributed by atoms with Gasteiger partial charge in [-0.25, -0.2) is 18.5 Å². The normalized spacial score (nSPS) is 11.6. The lowest BCUT2D eigenvalue weighted by Crippen LogP contribution is -2.39. The lowest BCUT2D eigenvalue weighted by molar-refractivity contribution is -0.119. The molecular formula is C21H22ClN5O3S. The Morgan fingerprint density at radius 3 is 2.45 bits per heavy atom. The molecule has 8 nitrogen and oxygen atoms in total. The number of nitrogens with one attached hydrogen (secondary N) is 1. The van der Waals surface area contributed by atoms with E-state index in [2.05, 4.69) is 15.6 Å². The number of hydrogen-bond acceptors (Lipinski definition) is 5. The predicted molar refractivity (Wildman–Crippen MR) is 122 cm³/mol. The molecule has 0 spiro atoms. The van der Waals surface area contributed by atoms with Crippen LogP contribution in [0.4, 0.5) is 5.69 Å². The van der Waals surface area contributed by atoms with Crippen LogP contribution in [-0.2, 0) is 14.8 Å². The Kier molecular flexibility index (Phi) is 6.77. The van der Waals surface area contributed by atoms with Crippen molar-refractivity contribution >= 4 is 39.4 Å². The maximum absolute atomic E-state index is 12.4. The van der Waals surface area contributed by atoms with Gasteiger partial charge in [0.1, 0.15) is 6.54 Å². The third kappa shape index (κ3) is 5.31. The molecule has 0 aliphatic rings. The molecule has 0 unspecified atom stereocenters. The maximum atomic E-state index is 12.4. The number of para-hydroxylation sites is 2. The minimum Gasteiger partial charge on any atom is -0.271 e. The minimum absolute atomic E-state index is 0.233. The molecule has 162 valence electrons. The van der Waals surface area contributed by atoms with Gasteiger partial charge in [-0.2, -0.15) is 10.2 Å². The number of hydrogen-bond donors (Lipinski definition) is 1. The van der Waals surface area contributed by atoms with Crippen molar-refractivity contribution in [2.75, 3.05) is 17.1 Å². The van der Waals surface area contributed by atoms with Crippen molar-refractivity contribution in [3.05, 3.63) is 76.6 Å². The van der Waals surface area contributed by atoms with Crippen molar-refractivity contribution in [1.82, 2.24) is 15.2 Å². The number of aryl methyl sites for hydroxylation is 1. The number of carbonyl (C=O) groups is 1. The first-order chi connectivity index (χ1) is 14.7. The van der Waals surface area contributed by atoms with Gasteiger partial charge in [0.05, 0.1) is 35.1 Å². The van der Waals surface area contributed by atoms with E-state index in [4.69, 9.17) is 11.6 Å². The number of aromatic nitrogens is 2. The van der Waals surface area contributed by atoms with Gasteiger partial charge in [-0.05, 0) is 37.6 Å². The van der Waals surface area contributed by atoms with E-state index in [0.717, 1.165) is 27.5 Å². The van der Waals surface area contributed by atoms with E-state index in [1.54, 1.807) is 35.9 Å². The second-order valence-electron chi connectivity index (χ2n) is 6.89. The predicted octanol–water partition coefficient (Wildman–Crippen LogP) is 3.06. The van der Waals surface area contributed by atoms with E-state index in [9.17, 15) is 13.2 Å². The molecule has 3 rings (SSSR count). The van der Waals surface area contributed by atoms with Gasteiger partial charge < -0.3 is 0 Å². The summed E-state index contributed by atoms with van der Waals surface area (Å²) in [7, 11) is -3.67. The van der Waals surface area contributed by atoms with Crippen LogP contribution < -0.4 is 9.73 Å². The first kappa shape index (κ1) is 22.5. The summed E-state index contributed by atoms with van der Waals surface area (Å²) >= 11 is 6.23. The second kappa shape index (κ2) is 9.32. The number of nitrogens with zero attached hydrogens (tertiary/aromatic N) is 4. The van der Waals surface area contributed by atoms with Crippen LogP contribution in [0.2, 0.25) is 5.15 Å². The van der Waals surface area contributed by atoms with Gasteiger partial charge >= 0.3 is 0 Å². The number of sulfonamides is 1. The summed E-state index contributed by atoms with van der Waals surface area (Å²) < 4.78 is 27.2. The third-order valence-electron chi connectivity index (χ3n) is 4.57. The zero-order chi connectivity index (χ0) is 22.6. The molecular weight excluding hydrogens is 438 g/mol. The highest BCUT2D eigenvalue weighted by Crippen LogP contribution is 2.22. The van der Waals surface area contributed by atoms with Gasteiger partial charge in [0.2, 0.25) is 10.0 Å². The second-order valence-corrected chi connectivity index (χ2v) is 9.15. The molecule has 1 heterocycles. The number of halogens is 1. The van der Waals surface area contributed by atoms with E-state index in [1.165, 1.54) is 6.21 Å². The fourth-order valence-corrected chi connectivity index (χ4v) is 4.18. The Morgan fingerprint density at radius 1 is 1.16 bits per heavy atom. The largest absolute Gasteiger partial charge is 0.271 e. The average molecular weight is 460 g/mol. The van der Waals surface area contributed by atoms with Gasteiger partial charge in [-0.3, -0.25) is 9.10 Å². The van der Waals surface area contributed by atoms with Gasteiger partial charge in [0, 0.05) is 0 Å². The first-order valence-electron chi connectivity index (χ1n) is 9.34.